The fourth-order valence-electron chi connectivity index (χ4n) is 1.73. The summed E-state index contributed by atoms with van der Waals surface area (Å²) in [6, 6.07) is 0. The average molecular weight is 209 g/mol. The molecule has 0 aromatic carbocycles. The zero-order valence-corrected chi connectivity index (χ0v) is 10.6. The first-order valence-corrected chi connectivity index (χ1v) is 6.00. The fourth-order valence-corrected chi connectivity index (χ4v) is 1.73. The molecule has 0 aromatic rings. The topological polar surface area (TPSA) is 19.9 Å². The summed E-state index contributed by atoms with van der Waals surface area (Å²) in [7, 11) is 0. The van der Waals surface area contributed by atoms with E-state index in [2.05, 4.69) is 39.0 Å². The average Bonchev–Trinajstić information content (AvgIpc) is 2.17. The van der Waals surface area contributed by atoms with Crippen LogP contribution >= 0.6 is 0 Å². The summed E-state index contributed by atoms with van der Waals surface area (Å²) in [5.41, 5.74) is 1.36. The van der Waals surface area contributed by atoms with Gasteiger partial charge in [-0.25, -0.2) is 5.11 Å². The first kappa shape index (κ1) is 14.4. The number of hydrogen-bond donors (Lipinski definition) is 0. The molecule has 0 aliphatic rings. The van der Waals surface area contributed by atoms with Crippen LogP contribution in [0.1, 0.15) is 47.0 Å². The molecule has 0 heterocycles. The smallest absolute Gasteiger partial charge is 0.0882 e. The van der Waals surface area contributed by atoms with E-state index < -0.39 is 0 Å². The summed E-state index contributed by atoms with van der Waals surface area (Å²) >= 11 is 0. The molecule has 1 nitrogen and oxygen atoms in total. The van der Waals surface area contributed by atoms with Crippen molar-refractivity contribution in [2.75, 3.05) is 6.61 Å². The van der Waals surface area contributed by atoms with E-state index in [1.807, 2.05) is 6.92 Å². The molecule has 0 rings (SSSR count). The molecule has 0 fully saturated rings. The van der Waals surface area contributed by atoms with Crippen molar-refractivity contribution in [3.63, 3.8) is 0 Å². The second kappa shape index (κ2) is 8.72. The molecule has 0 bridgehead atoms. The van der Waals surface area contributed by atoms with E-state index in [1.54, 1.807) is 0 Å². The molecule has 0 amide bonds. The standard InChI is InChI=1S/C14H25O/c1-5-6-7-8-12(2)9-13(3)10-14(4)11-15/h6-7,10,12,14H,5,8-9,11H2,1-4H3. The van der Waals surface area contributed by atoms with Crippen molar-refractivity contribution < 1.29 is 5.11 Å². The van der Waals surface area contributed by atoms with E-state index in [4.69, 9.17) is 0 Å². The van der Waals surface area contributed by atoms with E-state index in [0.717, 1.165) is 19.3 Å². The summed E-state index contributed by atoms with van der Waals surface area (Å²) in [4.78, 5) is 0. The molecule has 1 heteroatoms. The Morgan fingerprint density at radius 1 is 1.27 bits per heavy atom. The van der Waals surface area contributed by atoms with Crippen molar-refractivity contribution in [1.29, 1.82) is 0 Å². The minimum atomic E-state index is 0.00145. The van der Waals surface area contributed by atoms with Gasteiger partial charge in [0.15, 0.2) is 0 Å². The Labute approximate surface area is 94.9 Å². The molecular formula is C14H25O. The van der Waals surface area contributed by atoms with Gasteiger partial charge in [-0.2, -0.15) is 0 Å². The van der Waals surface area contributed by atoms with Crippen molar-refractivity contribution in [2.45, 2.75) is 47.0 Å². The van der Waals surface area contributed by atoms with Crippen molar-refractivity contribution in [2.24, 2.45) is 11.8 Å². The van der Waals surface area contributed by atoms with Gasteiger partial charge in [-0.1, -0.05) is 44.6 Å². The van der Waals surface area contributed by atoms with E-state index >= 15 is 0 Å². The summed E-state index contributed by atoms with van der Waals surface area (Å²) in [5.74, 6) is 0.867. The second-order valence-electron chi connectivity index (χ2n) is 4.58. The lowest BCUT2D eigenvalue weighted by molar-refractivity contribution is 0.168. The van der Waals surface area contributed by atoms with Crippen LogP contribution in [0.4, 0.5) is 0 Å². The van der Waals surface area contributed by atoms with Gasteiger partial charge in [-0.05, 0) is 32.1 Å². The van der Waals surface area contributed by atoms with E-state index in [1.165, 1.54) is 5.57 Å². The summed E-state index contributed by atoms with van der Waals surface area (Å²) in [6.07, 6.45) is 9.97. The van der Waals surface area contributed by atoms with Crippen LogP contribution in [0.15, 0.2) is 23.8 Å². The predicted molar refractivity (Wildman–Crippen MR) is 66.3 cm³/mol. The zero-order chi connectivity index (χ0) is 11.7. The molecule has 87 valence electrons. The van der Waals surface area contributed by atoms with Gasteiger partial charge in [-0.3, -0.25) is 0 Å². The van der Waals surface area contributed by atoms with Gasteiger partial charge in [0.25, 0.3) is 0 Å². The highest BCUT2D eigenvalue weighted by Crippen LogP contribution is 2.16. The largest absolute Gasteiger partial charge is 0.236 e. The molecule has 0 aliphatic heterocycles. The molecule has 15 heavy (non-hydrogen) atoms. The monoisotopic (exact) mass is 209 g/mol. The normalized spacial score (nSPS) is 17.0. The minimum absolute atomic E-state index is 0.00145. The highest BCUT2D eigenvalue weighted by Gasteiger charge is 2.02. The third-order valence-electron chi connectivity index (χ3n) is 2.44. The molecule has 2 atom stereocenters. The van der Waals surface area contributed by atoms with Crippen molar-refractivity contribution >= 4 is 0 Å². The third kappa shape index (κ3) is 8.44. The summed E-state index contributed by atoms with van der Waals surface area (Å²) in [6.45, 7) is 8.53. The van der Waals surface area contributed by atoms with Crippen molar-refractivity contribution in [3.05, 3.63) is 23.8 Å². The van der Waals surface area contributed by atoms with Crippen molar-refractivity contribution in [1.82, 2.24) is 0 Å². The molecule has 1 radical (unpaired) electrons. The van der Waals surface area contributed by atoms with Crippen LogP contribution < -0.4 is 0 Å². The molecule has 2 unspecified atom stereocenters. The Kier molecular flexibility index (Phi) is 8.40. The Hall–Kier alpha value is -0.560. The Morgan fingerprint density at radius 2 is 1.93 bits per heavy atom. The van der Waals surface area contributed by atoms with Crippen LogP contribution in [0.3, 0.4) is 0 Å². The van der Waals surface area contributed by atoms with E-state index in [-0.39, 0.29) is 12.5 Å². The SMILES string of the molecule is CCC=CCC(C)CC(C)=CC(C)C[O]. The third-order valence-corrected chi connectivity index (χ3v) is 2.44. The maximum Gasteiger partial charge on any atom is 0.0882 e. The van der Waals surface area contributed by atoms with Gasteiger partial charge in [-0.15, -0.1) is 0 Å². The molecule has 0 aliphatic carbocycles. The quantitative estimate of drug-likeness (QED) is 0.554. The molecule has 0 aromatic heterocycles. The van der Waals surface area contributed by atoms with E-state index in [9.17, 15) is 5.11 Å². The van der Waals surface area contributed by atoms with Crippen LogP contribution in [0.5, 0.6) is 0 Å². The van der Waals surface area contributed by atoms with Gasteiger partial charge in [0.05, 0.1) is 6.61 Å². The summed E-state index contributed by atoms with van der Waals surface area (Å²) in [5, 5.41) is 10.6. The summed E-state index contributed by atoms with van der Waals surface area (Å²) < 4.78 is 0. The van der Waals surface area contributed by atoms with Crippen LogP contribution in [0.25, 0.3) is 0 Å². The highest BCUT2D eigenvalue weighted by molar-refractivity contribution is 5.01. The first-order valence-electron chi connectivity index (χ1n) is 6.00. The van der Waals surface area contributed by atoms with Gasteiger partial charge in [0.1, 0.15) is 0 Å². The van der Waals surface area contributed by atoms with Crippen LogP contribution in [0, 0.1) is 11.8 Å². The highest BCUT2D eigenvalue weighted by atomic mass is 16.3. The number of rotatable bonds is 7. The number of allylic oxidation sites excluding steroid dienone is 3. The van der Waals surface area contributed by atoms with Gasteiger partial charge in [0, 0.05) is 5.92 Å². The first-order chi connectivity index (χ1) is 7.10. The lowest BCUT2D eigenvalue weighted by Gasteiger charge is -2.10. The molecule has 0 spiro atoms. The Morgan fingerprint density at radius 3 is 2.47 bits per heavy atom. The Balaban J connectivity index is 3.89. The maximum absolute atomic E-state index is 10.6. The molecular weight excluding hydrogens is 184 g/mol. The minimum Gasteiger partial charge on any atom is -0.236 e. The van der Waals surface area contributed by atoms with Gasteiger partial charge < -0.3 is 0 Å². The fraction of sp³-hybridized carbons (Fsp3) is 0.714. The van der Waals surface area contributed by atoms with Gasteiger partial charge in [0.2, 0.25) is 0 Å². The van der Waals surface area contributed by atoms with E-state index in [0.29, 0.717) is 5.92 Å². The van der Waals surface area contributed by atoms with Crippen LogP contribution in [-0.2, 0) is 5.11 Å². The molecule has 0 saturated carbocycles. The number of hydrogen-bond acceptors (Lipinski definition) is 0. The second-order valence-corrected chi connectivity index (χ2v) is 4.58. The van der Waals surface area contributed by atoms with Gasteiger partial charge >= 0.3 is 0 Å². The zero-order valence-electron chi connectivity index (χ0n) is 10.6. The molecule has 0 saturated heterocycles. The lowest BCUT2D eigenvalue weighted by atomic mass is 9.96. The van der Waals surface area contributed by atoms with Crippen molar-refractivity contribution in [3.8, 4) is 0 Å². The Bertz CT molecular complexity index is 203. The molecule has 0 N–H and O–H groups in total. The maximum atomic E-state index is 10.6. The van der Waals surface area contributed by atoms with Crippen LogP contribution in [0.2, 0.25) is 0 Å². The van der Waals surface area contributed by atoms with Crippen LogP contribution in [-0.4, -0.2) is 6.61 Å². The predicted octanol–water partition coefficient (Wildman–Crippen LogP) is 4.38. The lowest BCUT2D eigenvalue weighted by Crippen LogP contribution is -1.99.